The van der Waals surface area contributed by atoms with Crippen LogP contribution in [0.25, 0.3) is 10.8 Å². The second kappa shape index (κ2) is 5.31. The highest BCUT2D eigenvalue weighted by molar-refractivity contribution is 7.85. The molecule has 4 heteroatoms. The first kappa shape index (κ1) is 12.8. The summed E-state index contributed by atoms with van der Waals surface area (Å²) in [7, 11) is -1.40. The normalized spacial score (nSPS) is 14.3. The maximum absolute atomic E-state index is 11.9. The summed E-state index contributed by atoms with van der Waals surface area (Å²) in [5.74, 6) is -0.747. The molecule has 2 rings (SSSR count). The number of hydrogen-bond acceptors (Lipinski definition) is 2. The first-order chi connectivity index (χ1) is 8.59. The average molecular weight is 262 g/mol. The van der Waals surface area contributed by atoms with Gasteiger partial charge in [0.25, 0.3) is 0 Å². The van der Waals surface area contributed by atoms with Gasteiger partial charge in [-0.2, -0.15) is 0 Å². The Morgan fingerprint density at radius 1 is 1.22 bits per heavy atom. The average Bonchev–Trinajstić information content (AvgIpc) is 2.38. The molecule has 0 radical (unpaired) electrons. The number of carboxylic acids is 1. The molecule has 0 fully saturated rings. The maximum Gasteiger partial charge on any atom is 0.318 e. The molecule has 0 spiro atoms. The number of benzene rings is 2. The van der Waals surface area contributed by atoms with Crippen LogP contribution in [0.15, 0.2) is 42.5 Å². The Morgan fingerprint density at radius 3 is 2.61 bits per heavy atom. The molecule has 0 aliphatic carbocycles. The summed E-state index contributed by atoms with van der Waals surface area (Å²) in [6, 6.07) is 13.6. The molecule has 0 aliphatic rings. The van der Waals surface area contributed by atoms with Crippen molar-refractivity contribution in [2.75, 3.05) is 0 Å². The van der Waals surface area contributed by atoms with Crippen molar-refractivity contribution in [2.24, 2.45) is 0 Å². The monoisotopic (exact) mass is 262 g/mol. The molecule has 0 aliphatic heterocycles. The van der Waals surface area contributed by atoms with Gasteiger partial charge in [0.1, 0.15) is 5.25 Å². The van der Waals surface area contributed by atoms with E-state index in [1.165, 1.54) is 6.92 Å². The van der Waals surface area contributed by atoms with Gasteiger partial charge in [0.05, 0.1) is 5.75 Å². The summed E-state index contributed by atoms with van der Waals surface area (Å²) in [6.07, 6.45) is 0. The van der Waals surface area contributed by atoms with Crippen molar-refractivity contribution in [1.29, 1.82) is 0 Å². The summed E-state index contributed by atoms with van der Waals surface area (Å²) >= 11 is 0. The van der Waals surface area contributed by atoms with Crippen molar-refractivity contribution < 1.29 is 14.1 Å². The van der Waals surface area contributed by atoms with Crippen LogP contribution in [0.3, 0.4) is 0 Å². The molecule has 2 aromatic carbocycles. The summed E-state index contributed by atoms with van der Waals surface area (Å²) in [4.78, 5) is 10.8. The zero-order valence-corrected chi connectivity index (χ0v) is 10.8. The van der Waals surface area contributed by atoms with E-state index < -0.39 is 22.0 Å². The van der Waals surface area contributed by atoms with Crippen LogP contribution >= 0.6 is 0 Å². The second-order valence-electron chi connectivity index (χ2n) is 4.14. The fourth-order valence-corrected chi connectivity index (χ4v) is 2.84. The van der Waals surface area contributed by atoms with Gasteiger partial charge in [0.2, 0.25) is 0 Å². The minimum Gasteiger partial charge on any atom is -0.480 e. The van der Waals surface area contributed by atoms with Gasteiger partial charge in [-0.15, -0.1) is 0 Å². The van der Waals surface area contributed by atoms with Crippen LogP contribution in [0.1, 0.15) is 12.5 Å². The Hall–Kier alpha value is -1.68. The lowest BCUT2D eigenvalue weighted by atomic mass is 10.1. The van der Waals surface area contributed by atoms with Crippen molar-refractivity contribution in [2.45, 2.75) is 17.9 Å². The smallest absolute Gasteiger partial charge is 0.318 e. The number of hydrogen-bond donors (Lipinski definition) is 1. The summed E-state index contributed by atoms with van der Waals surface area (Å²) in [5, 5.41) is 10.1. The van der Waals surface area contributed by atoms with Crippen LogP contribution in [0.5, 0.6) is 0 Å². The third-order valence-electron chi connectivity index (χ3n) is 2.92. The van der Waals surface area contributed by atoms with Gasteiger partial charge in [0.15, 0.2) is 0 Å². The number of aliphatic carboxylic acids is 1. The third-order valence-corrected chi connectivity index (χ3v) is 4.51. The lowest BCUT2D eigenvalue weighted by Gasteiger charge is -2.09. The van der Waals surface area contributed by atoms with Gasteiger partial charge in [-0.25, -0.2) is 0 Å². The second-order valence-corrected chi connectivity index (χ2v) is 5.90. The van der Waals surface area contributed by atoms with E-state index in [2.05, 4.69) is 0 Å². The van der Waals surface area contributed by atoms with Gasteiger partial charge in [-0.05, 0) is 23.3 Å². The molecule has 2 unspecified atom stereocenters. The van der Waals surface area contributed by atoms with Gasteiger partial charge < -0.3 is 5.11 Å². The van der Waals surface area contributed by atoms with Crippen LogP contribution in [0.2, 0.25) is 0 Å². The first-order valence-electron chi connectivity index (χ1n) is 5.66. The Kier molecular flexibility index (Phi) is 3.77. The predicted octanol–water partition coefficient (Wildman–Crippen LogP) is 2.56. The van der Waals surface area contributed by atoms with Crippen molar-refractivity contribution >= 4 is 27.5 Å². The lowest BCUT2D eigenvalue weighted by molar-refractivity contribution is -0.136. The summed E-state index contributed by atoms with van der Waals surface area (Å²) in [5.41, 5.74) is 0.930. The third kappa shape index (κ3) is 2.59. The standard InChI is InChI=1S/C14H14O3S/c1-10(14(15)16)18(17)9-12-7-4-6-11-5-2-3-8-13(11)12/h2-8,10H,9H2,1H3,(H,15,16). The van der Waals surface area contributed by atoms with Crippen molar-refractivity contribution in [3.05, 3.63) is 48.0 Å². The highest BCUT2D eigenvalue weighted by atomic mass is 32.2. The Labute approximate surface area is 108 Å². The van der Waals surface area contributed by atoms with Gasteiger partial charge >= 0.3 is 5.97 Å². The topological polar surface area (TPSA) is 54.4 Å². The molecule has 0 amide bonds. The van der Waals surface area contributed by atoms with E-state index in [1.807, 2.05) is 42.5 Å². The summed E-state index contributed by atoms with van der Waals surface area (Å²) < 4.78 is 11.9. The zero-order valence-electron chi connectivity index (χ0n) is 10.00. The number of rotatable bonds is 4. The summed E-state index contributed by atoms with van der Waals surface area (Å²) in [6.45, 7) is 1.48. The molecule has 1 N–H and O–H groups in total. The van der Waals surface area contributed by atoms with Crippen LogP contribution < -0.4 is 0 Å². The van der Waals surface area contributed by atoms with Crippen LogP contribution in [0.4, 0.5) is 0 Å². The van der Waals surface area contributed by atoms with Crippen molar-refractivity contribution in [3.63, 3.8) is 0 Å². The molecule has 2 atom stereocenters. The zero-order chi connectivity index (χ0) is 13.1. The minimum absolute atomic E-state index is 0.273. The van der Waals surface area contributed by atoms with Gasteiger partial charge in [-0.3, -0.25) is 9.00 Å². The fraction of sp³-hybridized carbons (Fsp3) is 0.214. The molecule has 0 saturated carbocycles. The molecule has 94 valence electrons. The van der Waals surface area contributed by atoms with E-state index >= 15 is 0 Å². The van der Waals surface area contributed by atoms with Crippen LogP contribution in [-0.2, 0) is 21.3 Å². The quantitative estimate of drug-likeness (QED) is 0.921. The van der Waals surface area contributed by atoms with E-state index in [0.29, 0.717) is 0 Å². The van der Waals surface area contributed by atoms with Crippen molar-refractivity contribution in [3.8, 4) is 0 Å². The number of carboxylic acid groups (broad SMARTS) is 1. The van der Waals surface area contributed by atoms with E-state index in [0.717, 1.165) is 16.3 Å². The Bertz CT molecular complexity index is 602. The SMILES string of the molecule is CC(C(=O)O)S(=O)Cc1cccc2ccccc12. The van der Waals surface area contributed by atoms with E-state index in [4.69, 9.17) is 5.11 Å². The highest BCUT2D eigenvalue weighted by Crippen LogP contribution is 2.20. The predicted molar refractivity (Wildman–Crippen MR) is 72.9 cm³/mol. The maximum atomic E-state index is 11.9. The molecule has 0 bridgehead atoms. The van der Waals surface area contributed by atoms with Crippen molar-refractivity contribution in [1.82, 2.24) is 0 Å². The van der Waals surface area contributed by atoms with Crippen LogP contribution in [0, 0.1) is 0 Å². The first-order valence-corrected chi connectivity index (χ1v) is 7.04. The van der Waals surface area contributed by atoms with E-state index in [1.54, 1.807) is 0 Å². The Morgan fingerprint density at radius 2 is 1.89 bits per heavy atom. The lowest BCUT2D eigenvalue weighted by Crippen LogP contribution is -2.22. The molecule has 18 heavy (non-hydrogen) atoms. The molecular formula is C14H14O3S. The molecule has 2 aromatic rings. The Balaban J connectivity index is 2.32. The van der Waals surface area contributed by atoms with Gasteiger partial charge in [0, 0.05) is 10.8 Å². The molecule has 0 aromatic heterocycles. The minimum atomic E-state index is -1.40. The van der Waals surface area contributed by atoms with Gasteiger partial charge in [-0.1, -0.05) is 42.5 Å². The number of carbonyl (C=O) groups is 1. The fourth-order valence-electron chi connectivity index (χ4n) is 1.81. The molecular weight excluding hydrogens is 248 g/mol. The van der Waals surface area contributed by atoms with E-state index in [-0.39, 0.29) is 5.75 Å². The number of fused-ring (bicyclic) bond motifs is 1. The molecule has 3 nitrogen and oxygen atoms in total. The van der Waals surface area contributed by atoms with E-state index in [9.17, 15) is 9.00 Å². The largest absolute Gasteiger partial charge is 0.480 e. The molecule has 0 heterocycles. The molecule has 0 saturated heterocycles. The highest BCUT2D eigenvalue weighted by Gasteiger charge is 2.19. The van der Waals surface area contributed by atoms with Crippen LogP contribution in [-0.4, -0.2) is 20.5 Å².